The summed E-state index contributed by atoms with van der Waals surface area (Å²) in [6.07, 6.45) is 0.432. The molecule has 1 aliphatic heterocycles. The Morgan fingerprint density at radius 1 is 1.48 bits per heavy atom. The second-order valence-corrected chi connectivity index (χ2v) is 7.50. The number of rotatable bonds is 2. The standard InChI is InChI=1S/C15H20N2O3S/c1-12-5-6-14(13(10-12)4-3-8-16)21(19,20)17-9-7-15(2,18)11-17/h5-6,10,18H,7-9,11,16H2,1-2H3. The van der Waals surface area contributed by atoms with Crippen molar-refractivity contribution in [1.29, 1.82) is 0 Å². The fourth-order valence-corrected chi connectivity index (χ4v) is 4.05. The van der Waals surface area contributed by atoms with Gasteiger partial charge >= 0.3 is 0 Å². The van der Waals surface area contributed by atoms with E-state index >= 15 is 0 Å². The Morgan fingerprint density at radius 3 is 2.76 bits per heavy atom. The molecule has 114 valence electrons. The average molecular weight is 308 g/mol. The molecule has 1 aromatic carbocycles. The van der Waals surface area contributed by atoms with Gasteiger partial charge in [0.15, 0.2) is 0 Å². The predicted molar refractivity (Wildman–Crippen MR) is 81.1 cm³/mol. The van der Waals surface area contributed by atoms with E-state index in [0.29, 0.717) is 18.5 Å². The maximum atomic E-state index is 12.7. The largest absolute Gasteiger partial charge is 0.389 e. The van der Waals surface area contributed by atoms with Crippen molar-refractivity contribution < 1.29 is 13.5 Å². The summed E-state index contributed by atoms with van der Waals surface area (Å²) in [4.78, 5) is 0.173. The quantitative estimate of drug-likeness (QED) is 0.777. The lowest BCUT2D eigenvalue weighted by Gasteiger charge is -2.19. The lowest BCUT2D eigenvalue weighted by molar-refractivity contribution is 0.0762. The number of aliphatic hydroxyl groups is 1. The third-order valence-corrected chi connectivity index (χ3v) is 5.40. The zero-order valence-electron chi connectivity index (χ0n) is 12.3. The topological polar surface area (TPSA) is 83.6 Å². The molecule has 6 heteroatoms. The van der Waals surface area contributed by atoms with Crippen molar-refractivity contribution in [3.8, 4) is 11.8 Å². The van der Waals surface area contributed by atoms with Gasteiger partial charge in [-0.15, -0.1) is 0 Å². The smallest absolute Gasteiger partial charge is 0.244 e. The Kier molecular flexibility index (Phi) is 4.40. The number of aryl methyl sites for hydroxylation is 1. The molecule has 1 fully saturated rings. The second kappa shape index (κ2) is 5.78. The summed E-state index contributed by atoms with van der Waals surface area (Å²) in [6.45, 7) is 4.11. The van der Waals surface area contributed by atoms with Crippen molar-refractivity contribution in [1.82, 2.24) is 4.31 Å². The van der Waals surface area contributed by atoms with Gasteiger partial charge in [-0.25, -0.2) is 8.42 Å². The minimum absolute atomic E-state index is 0.104. The van der Waals surface area contributed by atoms with E-state index in [4.69, 9.17) is 5.73 Å². The second-order valence-electron chi connectivity index (χ2n) is 5.59. The van der Waals surface area contributed by atoms with E-state index in [-0.39, 0.29) is 18.0 Å². The molecule has 0 radical (unpaired) electrons. The molecule has 0 spiro atoms. The van der Waals surface area contributed by atoms with E-state index < -0.39 is 15.6 Å². The average Bonchev–Trinajstić information content (AvgIpc) is 2.77. The summed E-state index contributed by atoms with van der Waals surface area (Å²) in [5.41, 5.74) is 5.78. The highest BCUT2D eigenvalue weighted by Crippen LogP contribution is 2.28. The van der Waals surface area contributed by atoms with E-state index in [1.807, 2.05) is 6.92 Å². The van der Waals surface area contributed by atoms with Crippen LogP contribution in [0.3, 0.4) is 0 Å². The third kappa shape index (κ3) is 3.44. The Bertz CT molecular complexity index is 699. The Labute approximate surface area is 125 Å². The number of nitrogens with two attached hydrogens (primary N) is 1. The molecule has 0 bridgehead atoms. The van der Waals surface area contributed by atoms with Crippen molar-refractivity contribution in [3.05, 3.63) is 29.3 Å². The molecule has 21 heavy (non-hydrogen) atoms. The van der Waals surface area contributed by atoms with Crippen molar-refractivity contribution in [2.75, 3.05) is 19.6 Å². The molecule has 1 heterocycles. The lowest BCUT2D eigenvalue weighted by atomic mass is 10.1. The molecule has 1 atom stereocenters. The minimum Gasteiger partial charge on any atom is -0.389 e. The van der Waals surface area contributed by atoms with Crippen LogP contribution < -0.4 is 5.73 Å². The molecular formula is C15H20N2O3S. The summed E-state index contributed by atoms with van der Waals surface area (Å²) in [7, 11) is -3.66. The third-order valence-electron chi connectivity index (χ3n) is 3.49. The van der Waals surface area contributed by atoms with E-state index in [1.54, 1.807) is 25.1 Å². The van der Waals surface area contributed by atoms with Gasteiger partial charge in [0.2, 0.25) is 10.0 Å². The van der Waals surface area contributed by atoms with Gasteiger partial charge in [0.1, 0.15) is 0 Å². The van der Waals surface area contributed by atoms with E-state index in [1.165, 1.54) is 4.31 Å². The van der Waals surface area contributed by atoms with Gasteiger partial charge in [-0.2, -0.15) is 4.31 Å². The molecule has 5 nitrogen and oxygen atoms in total. The van der Waals surface area contributed by atoms with Gasteiger partial charge in [0, 0.05) is 18.7 Å². The first kappa shape index (κ1) is 16.0. The molecule has 1 saturated heterocycles. The summed E-state index contributed by atoms with van der Waals surface area (Å²) in [5.74, 6) is 5.52. The maximum absolute atomic E-state index is 12.7. The van der Waals surface area contributed by atoms with Crippen LogP contribution in [-0.4, -0.2) is 43.1 Å². The van der Waals surface area contributed by atoms with Crippen LogP contribution in [-0.2, 0) is 10.0 Å². The normalized spacial score (nSPS) is 22.9. The fraction of sp³-hybridized carbons (Fsp3) is 0.467. The van der Waals surface area contributed by atoms with Gasteiger partial charge in [-0.3, -0.25) is 0 Å². The summed E-state index contributed by atoms with van der Waals surface area (Å²) in [6, 6.07) is 5.05. The summed E-state index contributed by atoms with van der Waals surface area (Å²) in [5, 5.41) is 9.98. The molecule has 0 amide bonds. The number of sulfonamides is 1. The molecule has 1 unspecified atom stereocenters. The van der Waals surface area contributed by atoms with Gasteiger partial charge in [0.05, 0.1) is 17.0 Å². The number of hydrogen-bond donors (Lipinski definition) is 2. The van der Waals surface area contributed by atoms with E-state index in [0.717, 1.165) is 5.56 Å². The number of nitrogens with zero attached hydrogens (tertiary/aromatic N) is 1. The van der Waals surface area contributed by atoms with Crippen molar-refractivity contribution in [3.63, 3.8) is 0 Å². The van der Waals surface area contributed by atoms with Gasteiger partial charge in [-0.05, 0) is 38.0 Å². The van der Waals surface area contributed by atoms with Crippen LogP contribution in [0.1, 0.15) is 24.5 Å². The van der Waals surface area contributed by atoms with Crippen LogP contribution >= 0.6 is 0 Å². The lowest BCUT2D eigenvalue weighted by Crippen LogP contribution is -2.34. The number of β-amino-alcohol motifs (C(OH)–C–C–N with tert-alkyl or cyclic N) is 1. The molecule has 1 aromatic rings. The molecule has 0 aromatic heterocycles. The highest BCUT2D eigenvalue weighted by atomic mass is 32.2. The molecule has 0 aliphatic carbocycles. The van der Waals surface area contributed by atoms with Crippen LogP contribution in [0.4, 0.5) is 0 Å². The van der Waals surface area contributed by atoms with Crippen molar-refractivity contribution >= 4 is 10.0 Å². The van der Waals surface area contributed by atoms with Crippen LogP contribution in [0, 0.1) is 18.8 Å². The van der Waals surface area contributed by atoms with Crippen LogP contribution in [0.25, 0.3) is 0 Å². The number of hydrogen-bond acceptors (Lipinski definition) is 4. The molecule has 0 saturated carbocycles. The monoisotopic (exact) mass is 308 g/mol. The van der Waals surface area contributed by atoms with E-state index in [2.05, 4.69) is 11.8 Å². The molecule has 2 rings (SSSR count). The zero-order chi connectivity index (χ0) is 15.7. The SMILES string of the molecule is Cc1ccc(S(=O)(=O)N2CCC(C)(O)C2)c(C#CCN)c1. The fourth-order valence-electron chi connectivity index (χ4n) is 2.36. The van der Waals surface area contributed by atoms with Crippen molar-refractivity contribution in [2.24, 2.45) is 5.73 Å². The Hall–Kier alpha value is -1.39. The first-order valence-corrected chi connectivity index (χ1v) is 8.22. The minimum atomic E-state index is -3.66. The highest BCUT2D eigenvalue weighted by molar-refractivity contribution is 7.89. The molecule has 3 N–H and O–H groups in total. The van der Waals surface area contributed by atoms with E-state index in [9.17, 15) is 13.5 Å². The summed E-state index contributed by atoms with van der Waals surface area (Å²) >= 11 is 0. The van der Waals surface area contributed by atoms with Gasteiger partial charge in [0.25, 0.3) is 0 Å². The van der Waals surface area contributed by atoms with Crippen LogP contribution in [0.15, 0.2) is 23.1 Å². The Balaban J connectivity index is 2.45. The highest BCUT2D eigenvalue weighted by Gasteiger charge is 2.39. The van der Waals surface area contributed by atoms with Crippen LogP contribution in [0.5, 0.6) is 0 Å². The first-order chi connectivity index (χ1) is 9.76. The molecular weight excluding hydrogens is 288 g/mol. The van der Waals surface area contributed by atoms with Gasteiger partial charge < -0.3 is 10.8 Å². The van der Waals surface area contributed by atoms with Gasteiger partial charge in [-0.1, -0.05) is 17.9 Å². The number of benzene rings is 1. The first-order valence-electron chi connectivity index (χ1n) is 6.78. The van der Waals surface area contributed by atoms with Crippen molar-refractivity contribution in [2.45, 2.75) is 30.8 Å². The Morgan fingerprint density at radius 2 is 2.19 bits per heavy atom. The zero-order valence-corrected chi connectivity index (χ0v) is 13.1. The summed E-state index contributed by atoms with van der Waals surface area (Å²) < 4.78 is 26.8. The van der Waals surface area contributed by atoms with Crippen LogP contribution in [0.2, 0.25) is 0 Å². The predicted octanol–water partition coefficient (Wildman–Crippen LogP) is 0.451. The molecule has 1 aliphatic rings. The maximum Gasteiger partial charge on any atom is 0.244 e.